The predicted octanol–water partition coefficient (Wildman–Crippen LogP) is 7.71. The molecule has 0 saturated heterocycles. The summed E-state index contributed by atoms with van der Waals surface area (Å²) in [5.74, 6) is 0. The van der Waals surface area contributed by atoms with Crippen LogP contribution >= 0.6 is 0 Å². The molecule has 176 valence electrons. The van der Waals surface area contributed by atoms with E-state index in [9.17, 15) is 5.11 Å². The van der Waals surface area contributed by atoms with Crippen molar-refractivity contribution in [3.05, 3.63) is 94.2 Å². The summed E-state index contributed by atoms with van der Waals surface area (Å²) in [4.78, 5) is 0. The number of aliphatic hydroxyl groups is 2. The van der Waals surface area contributed by atoms with Gasteiger partial charge in [0, 0.05) is 0 Å². The second kappa shape index (κ2) is 14.1. The first-order valence-electron chi connectivity index (χ1n) is 11.7. The van der Waals surface area contributed by atoms with Crippen LogP contribution in [0.25, 0.3) is 0 Å². The van der Waals surface area contributed by atoms with Gasteiger partial charge in [0.25, 0.3) is 0 Å². The Hall–Kier alpha value is -2.16. The fourth-order valence-corrected chi connectivity index (χ4v) is 3.98. The lowest BCUT2D eigenvalue weighted by molar-refractivity contribution is 0.116. The molecule has 0 amide bonds. The maximum atomic E-state index is 10.0. The number of hydrogen-bond donors (Lipinski definition) is 2. The van der Waals surface area contributed by atoms with Crippen molar-refractivity contribution in [2.24, 2.45) is 5.41 Å². The van der Waals surface area contributed by atoms with E-state index < -0.39 is 0 Å². The highest BCUT2D eigenvalue weighted by Crippen LogP contribution is 2.41. The Morgan fingerprint density at radius 2 is 1.47 bits per heavy atom. The van der Waals surface area contributed by atoms with Crippen LogP contribution in [0.2, 0.25) is 0 Å². The molecule has 0 bridgehead atoms. The summed E-state index contributed by atoms with van der Waals surface area (Å²) in [6, 6.07) is 0. The van der Waals surface area contributed by atoms with Gasteiger partial charge in [0.05, 0.1) is 12.7 Å². The van der Waals surface area contributed by atoms with Crippen LogP contribution in [0.1, 0.15) is 74.1 Å². The van der Waals surface area contributed by atoms with Gasteiger partial charge in [-0.05, 0) is 76.9 Å². The number of rotatable bonds is 10. The maximum absolute atomic E-state index is 10.0. The molecule has 0 aromatic heterocycles. The lowest BCUT2D eigenvalue weighted by Gasteiger charge is -2.35. The molecule has 0 radical (unpaired) electrons. The summed E-state index contributed by atoms with van der Waals surface area (Å²) in [6.07, 6.45) is 24.7. The van der Waals surface area contributed by atoms with Crippen LogP contribution in [-0.2, 0) is 0 Å². The zero-order valence-electron chi connectivity index (χ0n) is 21.3. The van der Waals surface area contributed by atoms with E-state index in [-0.39, 0.29) is 18.1 Å². The van der Waals surface area contributed by atoms with E-state index in [4.69, 9.17) is 5.11 Å². The Morgan fingerprint density at radius 3 is 2.00 bits per heavy atom. The normalized spacial score (nSPS) is 21.6. The van der Waals surface area contributed by atoms with Gasteiger partial charge in [-0.15, -0.1) is 0 Å². The van der Waals surface area contributed by atoms with Gasteiger partial charge in [-0.2, -0.15) is 0 Å². The van der Waals surface area contributed by atoms with E-state index >= 15 is 0 Å². The third-order valence-corrected chi connectivity index (χ3v) is 5.80. The van der Waals surface area contributed by atoms with Crippen LogP contribution < -0.4 is 0 Å². The molecule has 1 aliphatic rings. The van der Waals surface area contributed by atoms with Gasteiger partial charge in [-0.3, -0.25) is 0 Å². The van der Waals surface area contributed by atoms with Crippen molar-refractivity contribution in [2.75, 3.05) is 6.61 Å². The second-order valence-electron chi connectivity index (χ2n) is 9.75. The Kier molecular flexibility index (Phi) is 12.3. The quantitative estimate of drug-likeness (QED) is 0.272. The highest BCUT2D eigenvalue weighted by molar-refractivity contribution is 5.37. The number of unbranched alkanes of at least 4 members (excludes halogenated alkanes) is 1. The minimum absolute atomic E-state index is 0.0192. The summed E-state index contributed by atoms with van der Waals surface area (Å²) in [6.45, 7) is 15.0. The highest BCUT2D eigenvalue weighted by atomic mass is 16.3. The van der Waals surface area contributed by atoms with E-state index in [1.807, 2.05) is 19.1 Å². The standard InChI is InChI=1S/C30H44O2/c1-23(12-8-9-13-24(2)15-11-17-26(4)22-31)14-10-16-25(3)18-19-29-27(5)20-28(32)21-30(29,6)7/h10-19,28,31-32H,8-9,20-22H2,1-7H3/b14-10+,15-11+,19-18+,23-12-,24-13-,25-16+,26-17+/t28-/m1/s1. The summed E-state index contributed by atoms with van der Waals surface area (Å²) in [5.41, 5.74) is 7.35. The van der Waals surface area contributed by atoms with Crippen molar-refractivity contribution in [3.63, 3.8) is 0 Å². The number of hydrogen-bond acceptors (Lipinski definition) is 2. The molecular weight excluding hydrogens is 392 g/mol. The third kappa shape index (κ3) is 10.9. The SMILES string of the molecule is CC1=C(/C=C/C(C)=C/C=C/C(C)=C\CC\C=C(C)/C=C/C=C(\C)CO)C(C)(C)C[C@H](O)C1. The van der Waals surface area contributed by atoms with Gasteiger partial charge < -0.3 is 10.2 Å². The summed E-state index contributed by atoms with van der Waals surface area (Å²) >= 11 is 0. The van der Waals surface area contributed by atoms with E-state index in [1.165, 1.54) is 27.9 Å². The fourth-order valence-electron chi connectivity index (χ4n) is 3.98. The van der Waals surface area contributed by atoms with Gasteiger partial charge in [-0.1, -0.05) is 96.9 Å². The monoisotopic (exact) mass is 436 g/mol. The Morgan fingerprint density at radius 1 is 0.906 bits per heavy atom. The largest absolute Gasteiger partial charge is 0.393 e. The van der Waals surface area contributed by atoms with Crippen molar-refractivity contribution in [3.8, 4) is 0 Å². The molecule has 2 N–H and O–H groups in total. The van der Waals surface area contributed by atoms with Gasteiger partial charge in [-0.25, -0.2) is 0 Å². The molecule has 0 aromatic rings. The average Bonchev–Trinajstić information content (AvgIpc) is 2.69. The number of allylic oxidation sites excluding steroid dienone is 14. The van der Waals surface area contributed by atoms with Crippen LogP contribution in [0.3, 0.4) is 0 Å². The van der Waals surface area contributed by atoms with Crippen LogP contribution in [0.4, 0.5) is 0 Å². The molecular formula is C30H44O2. The zero-order chi connectivity index (χ0) is 24.1. The highest BCUT2D eigenvalue weighted by Gasteiger charge is 2.31. The Balaban J connectivity index is 2.58. The van der Waals surface area contributed by atoms with Crippen LogP contribution in [0.5, 0.6) is 0 Å². The molecule has 2 heteroatoms. The molecule has 0 spiro atoms. The summed E-state index contributed by atoms with van der Waals surface area (Å²) < 4.78 is 0. The lowest BCUT2D eigenvalue weighted by Crippen LogP contribution is -2.28. The molecule has 0 heterocycles. The zero-order valence-corrected chi connectivity index (χ0v) is 21.3. The summed E-state index contributed by atoms with van der Waals surface area (Å²) in [5, 5.41) is 19.0. The van der Waals surface area contributed by atoms with Crippen molar-refractivity contribution in [1.29, 1.82) is 0 Å². The van der Waals surface area contributed by atoms with E-state index in [0.29, 0.717) is 0 Å². The lowest BCUT2D eigenvalue weighted by atomic mass is 9.71. The van der Waals surface area contributed by atoms with Gasteiger partial charge in [0.1, 0.15) is 0 Å². The second-order valence-corrected chi connectivity index (χ2v) is 9.75. The first-order valence-corrected chi connectivity index (χ1v) is 11.7. The number of aliphatic hydroxyl groups excluding tert-OH is 2. The molecule has 2 nitrogen and oxygen atoms in total. The minimum atomic E-state index is -0.217. The van der Waals surface area contributed by atoms with Crippen molar-refractivity contribution in [2.45, 2.75) is 80.3 Å². The van der Waals surface area contributed by atoms with Crippen molar-refractivity contribution < 1.29 is 10.2 Å². The predicted molar refractivity (Wildman–Crippen MR) is 140 cm³/mol. The Labute approximate surface area is 196 Å². The molecule has 1 atom stereocenters. The van der Waals surface area contributed by atoms with Crippen LogP contribution in [-0.4, -0.2) is 22.9 Å². The molecule has 1 aliphatic carbocycles. The molecule has 0 saturated carbocycles. The first-order chi connectivity index (χ1) is 15.0. The topological polar surface area (TPSA) is 40.5 Å². The molecule has 32 heavy (non-hydrogen) atoms. The van der Waals surface area contributed by atoms with Crippen LogP contribution in [0.15, 0.2) is 94.2 Å². The molecule has 1 rings (SSSR count). The van der Waals surface area contributed by atoms with Crippen molar-refractivity contribution >= 4 is 0 Å². The van der Waals surface area contributed by atoms with Gasteiger partial charge in [0.15, 0.2) is 0 Å². The smallest absolute Gasteiger partial charge is 0.0642 e. The fraction of sp³-hybridized carbons (Fsp3) is 0.467. The molecule has 0 aliphatic heterocycles. The average molecular weight is 437 g/mol. The van der Waals surface area contributed by atoms with Gasteiger partial charge >= 0.3 is 0 Å². The van der Waals surface area contributed by atoms with Gasteiger partial charge in [0.2, 0.25) is 0 Å². The molecule has 0 unspecified atom stereocenters. The first kappa shape index (κ1) is 27.9. The van der Waals surface area contributed by atoms with Crippen molar-refractivity contribution in [1.82, 2.24) is 0 Å². The minimum Gasteiger partial charge on any atom is -0.393 e. The van der Waals surface area contributed by atoms with E-state index in [0.717, 1.165) is 31.3 Å². The van der Waals surface area contributed by atoms with E-state index in [1.54, 1.807) is 0 Å². The maximum Gasteiger partial charge on any atom is 0.0642 e. The molecule has 0 fully saturated rings. The van der Waals surface area contributed by atoms with E-state index in [2.05, 4.69) is 90.2 Å². The summed E-state index contributed by atoms with van der Waals surface area (Å²) in [7, 11) is 0. The molecule has 0 aromatic carbocycles. The Bertz CT molecular complexity index is 851. The third-order valence-electron chi connectivity index (χ3n) is 5.80. The van der Waals surface area contributed by atoms with Crippen LogP contribution in [0, 0.1) is 5.41 Å².